The molecule has 3 aromatic rings. The van der Waals surface area contributed by atoms with Crippen LogP contribution in [0.3, 0.4) is 0 Å². The Labute approximate surface area is 137 Å². The van der Waals surface area contributed by atoms with Gasteiger partial charge in [0.15, 0.2) is 5.58 Å². The van der Waals surface area contributed by atoms with Gasteiger partial charge in [0.25, 0.3) is 0 Å². The molecule has 1 aromatic heterocycles. The van der Waals surface area contributed by atoms with E-state index >= 15 is 0 Å². The second kappa shape index (κ2) is 6.84. The Bertz CT molecular complexity index is 979. The summed E-state index contributed by atoms with van der Waals surface area (Å²) >= 11 is 0. The van der Waals surface area contributed by atoms with Gasteiger partial charge < -0.3 is 9.73 Å². The molecule has 3 rings (SSSR count). The van der Waals surface area contributed by atoms with Crippen molar-refractivity contribution in [3.05, 3.63) is 70.2 Å². The Hall–Kier alpha value is -3.33. The van der Waals surface area contributed by atoms with E-state index in [2.05, 4.69) is 11.4 Å². The van der Waals surface area contributed by atoms with Gasteiger partial charge in [0.1, 0.15) is 0 Å². The first-order chi connectivity index (χ1) is 11.7. The fourth-order valence-electron chi connectivity index (χ4n) is 2.48. The average Bonchev–Trinajstić information content (AvgIpc) is 2.93. The van der Waals surface area contributed by atoms with E-state index in [0.29, 0.717) is 23.2 Å². The first-order valence-corrected chi connectivity index (χ1v) is 7.51. The highest BCUT2D eigenvalue weighted by Gasteiger charge is 2.10. The van der Waals surface area contributed by atoms with Crippen molar-refractivity contribution >= 4 is 17.0 Å². The number of aryl methyl sites for hydroxylation is 1. The standard InChI is InChI=1S/C18H15N3O3/c19-11-13-4-3-5-14(10-13)12-20-17(22)8-9-21-15-6-1-2-7-16(15)24-18(21)23/h1-7,10H,8-9,12H2,(H,20,22). The summed E-state index contributed by atoms with van der Waals surface area (Å²) in [6.45, 7) is 0.593. The first kappa shape index (κ1) is 15.6. The number of aromatic nitrogens is 1. The second-order valence-electron chi connectivity index (χ2n) is 5.33. The van der Waals surface area contributed by atoms with Crippen molar-refractivity contribution in [1.82, 2.24) is 9.88 Å². The van der Waals surface area contributed by atoms with Gasteiger partial charge in [-0.2, -0.15) is 5.26 Å². The Balaban J connectivity index is 1.60. The van der Waals surface area contributed by atoms with Gasteiger partial charge in [0, 0.05) is 19.5 Å². The molecule has 0 aliphatic rings. The Morgan fingerprint density at radius 2 is 2.04 bits per heavy atom. The molecular formula is C18H15N3O3. The number of carbonyl (C=O) groups is 1. The zero-order chi connectivity index (χ0) is 16.9. The van der Waals surface area contributed by atoms with Crippen molar-refractivity contribution in [2.24, 2.45) is 0 Å². The summed E-state index contributed by atoms with van der Waals surface area (Å²) in [5, 5.41) is 11.6. The van der Waals surface area contributed by atoms with Crippen LogP contribution >= 0.6 is 0 Å². The molecule has 0 spiro atoms. The maximum absolute atomic E-state index is 12.0. The third-order valence-corrected chi connectivity index (χ3v) is 3.68. The van der Waals surface area contributed by atoms with Crippen LogP contribution in [-0.2, 0) is 17.9 Å². The Morgan fingerprint density at radius 3 is 2.88 bits per heavy atom. The number of nitrogens with zero attached hydrogens (tertiary/aromatic N) is 2. The van der Waals surface area contributed by atoms with Crippen LogP contribution in [0, 0.1) is 11.3 Å². The van der Waals surface area contributed by atoms with Gasteiger partial charge in [-0.05, 0) is 29.8 Å². The molecule has 0 aliphatic heterocycles. The molecule has 0 unspecified atom stereocenters. The molecule has 0 saturated carbocycles. The van der Waals surface area contributed by atoms with Crippen LogP contribution in [0.4, 0.5) is 0 Å². The third kappa shape index (κ3) is 3.36. The van der Waals surface area contributed by atoms with Gasteiger partial charge in [-0.3, -0.25) is 9.36 Å². The number of nitrogens with one attached hydrogen (secondary N) is 1. The number of amides is 1. The number of oxazole rings is 1. The van der Waals surface area contributed by atoms with Gasteiger partial charge in [-0.1, -0.05) is 24.3 Å². The van der Waals surface area contributed by atoms with E-state index in [1.165, 1.54) is 4.57 Å². The van der Waals surface area contributed by atoms with Crippen LogP contribution in [0.5, 0.6) is 0 Å². The number of hydrogen-bond acceptors (Lipinski definition) is 4. The third-order valence-electron chi connectivity index (χ3n) is 3.68. The molecule has 1 amide bonds. The molecule has 0 radical (unpaired) electrons. The van der Waals surface area contributed by atoms with Crippen molar-refractivity contribution < 1.29 is 9.21 Å². The summed E-state index contributed by atoms with van der Waals surface area (Å²) in [4.78, 5) is 23.8. The van der Waals surface area contributed by atoms with Crippen LogP contribution in [0.15, 0.2) is 57.7 Å². The summed E-state index contributed by atoms with van der Waals surface area (Å²) in [6.07, 6.45) is 0.168. The molecule has 0 atom stereocenters. The largest absolute Gasteiger partial charge is 0.419 e. The summed E-state index contributed by atoms with van der Waals surface area (Å²) in [5.41, 5.74) is 2.60. The van der Waals surface area contributed by atoms with Crippen LogP contribution in [-0.4, -0.2) is 10.5 Å². The van der Waals surface area contributed by atoms with Gasteiger partial charge in [0.05, 0.1) is 17.1 Å². The maximum Gasteiger partial charge on any atom is 0.419 e. The average molecular weight is 321 g/mol. The number of carbonyl (C=O) groups excluding carboxylic acids is 1. The molecule has 24 heavy (non-hydrogen) atoms. The fraction of sp³-hybridized carbons (Fsp3) is 0.167. The van der Waals surface area contributed by atoms with E-state index in [1.54, 1.807) is 36.4 Å². The first-order valence-electron chi connectivity index (χ1n) is 7.51. The van der Waals surface area contributed by atoms with Crippen molar-refractivity contribution in [1.29, 1.82) is 5.26 Å². The normalized spacial score (nSPS) is 10.5. The smallest absolute Gasteiger partial charge is 0.408 e. The molecule has 1 N–H and O–H groups in total. The van der Waals surface area contributed by atoms with Gasteiger partial charge in [0.2, 0.25) is 5.91 Å². The molecule has 0 aliphatic carbocycles. The molecule has 0 fully saturated rings. The predicted octanol–water partition coefficient (Wildman–Crippen LogP) is 2.17. The Morgan fingerprint density at radius 1 is 1.21 bits per heavy atom. The molecule has 0 bridgehead atoms. The van der Waals surface area contributed by atoms with E-state index in [9.17, 15) is 9.59 Å². The minimum atomic E-state index is -0.467. The number of benzene rings is 2. The SMILES string of the molecule is N#Cc1cccc(CNC(=O)CCn2c(=O)oc3ccccc32)c1. The summed E-state index contributed by atoms with van der Waals surface area (Å²) in [7, 11) is 0. The molecule has 2 aromatic carbocycles. The summed E-state index contributed by atoms with van der Waals surface area (Å²) in [6, 6.07) is 16.2. The van der Waals surface area contributed by atoms with Crippen molar-refractivity contribution in [2.75, 3.05) is 0 Å². The predicted molar refractivity (Wildman–Crippen MR) is 88.1 cm³/mol. The highest BCUT2D eigenvalue weighted by molar-refractivity contribution is 5.76. The number of hydrogen-bond donors (Lipinski definition) is 1. The van der Waals surface area contributed by atoms with Crippen molar-refractivity contribution in [2.45, 2.75) is 19.5 Å². The topological polar surface area (TPSA) is 88.0 Å². The molecule has 0 saturated heterocycles. The zero-order valence-corrected chi connectivity index (χ0v) is 12.9. The van der Waals surface area contributed by atoms with Crippen LogP contribution in [0.2, 0.25) is 0 Å². The van der Waals surface area contributed by atoms with Crippen LogP contribution in [0.1, 0.15) is 17.5 Å². The lowest BCUT2D eigenvalue weighted by Crippen LogP contribution is -2.25. The highest BCUT2D eigenvalue weighted by Crippen LogP contribution is 2.12. The number of fused-ring (bicyclic) bond motifs is 1. The maximum atomic E-state index is 12.0. The highest BCUT2D eigenvalue weighted by atomic mass is 16.4. The number of para-hydroxylation sites is 2. The molecule has 1 heterocycles. The second-order valence-corrected chi connectivity index (χ2v) is 5.33. The molecule has 120 valence electrons. The summed E-state index contributed by atoms with van der Waals surface area (Å²) < 4.78 is 6.58. The van der Waals surface area contributed by atoms with Crippen molar-refractivity contribution in [3.8, 4) is 6.07 Å². The lowest BCUT2D eigenvalue weighted by molar-refractivity contribution is -0.121. The van der Waals surface area contributed by atoms with Gasteiger partial charge >= 0.3 is 5.76 Å². The summed E-state index contributed by atoms with van der Waals surface area (Å²) in [5.74, 6) is -0.639. The fourth-order valence-corrected chi connectivity index (χ4v) is 2.48. The molecular weight excluding hydrogens is 306 g/mol. The van der Waals surface area contributed by atoms with E-state index < -0.39 is 5.76 Å². The van der Waals surface area contributed by atoms with Gasteiger partial charge in [-0.25, -0.2) is 4.79 Å². The van der Waals surface area contributed by atoms with Crippen LogP contribution in [0.25, 0.3) is 11.1 Å². The van der Waals surface area contributed by atoms with Crippen molar-refractivity contribution in [3.63, 3.8) is 0 Å². The van der Waals surface area contributed by atoms with Crippen LogP contribution < -0.4 is 11.1 Å². The molecule has 6 heteroatoms. The monoisotopic (exact) mass is 321 g/mol. The van der Waals surface area contributed by atoms with E-state index in [0.717, 1.165) is 5.56 Å². The Kier molecular flexibility index (Phi) is 4.43. The minimum Gasteiger partial charge on any atom is -0.408 e. The van der Waals surface area contributed by atoms with Gasteiger partial charge in [-0.15, -0.1) is 0 Å². The van der Waals surface area contributed by atoms with E-state index in [4.69, 9.17) is 9.68 Å². The van der Waals surface area contributed by atoms with E-state index in [-0.39, 0.29) is 18.9 Å². The minimum absolute atomic E-state index is 0.168. The quantitative estimate of drug-likeness (QED) is 0.780. The lowest BCUT2D eigenvalue weighted by Gasteiger charge is -2.06. The zero-order valence-electron chi connectivity index (χ0n) is 12.9. The number of nitriles is 1. The van der Waals surface area contributed by atoms with E-state index in [1.807, 2.05) is 12.1 Å². The lowest BCUT2D eigenvalue weighted by atomic mass is 10.1. The number of rotatable bonds is 5. The molecule has 6 nitrogen and oxygen atoms in total.